The zero-order valence-electron chi connectivity index (χ0n) is 16.6. The molecule has 3 aromatic rings. The predicted octanol–water partition coefficient (Wildman–Crippen LogP) is 5.29. The van der Waals surface area contributed by atoms with Crippen LogP contribution in [0.3, 0.4) is 0 Å². The zero-order chi connectivity index (χ0) is 22.2. The molecule has 0 saturated carbocycles. The highest BCUT2D eigenvalue weighted by molar-refractivity contribution is 6.31. The fourth-order valence-electron chi connectivity index (χ4n) is 2.69. The summed E-state index contributed by atoms with van der Waals surface area (Å²) in [4.78, 5) is 23.5. The fraction of sp³-hybridized carbons (Fsp3) is 0.0870. The summed E-state index contributed by atoms with van der Waals surface area (Å²) in [6, 6.07) is 19.0. The highest BCUT2D eigenvalue weighted by Crippen LogP contribution is 2.24. The van der Waals surface area contributed by atoms with Gasteiger partial charge in [-0.3, -0.25) is 9.59 Å². The number of halogens is 2. The van der Waals surface area contributed by atoms with Crippen LogP contribution in [0.25, 0.3) is 0 Å². The number of amides is 2. The van der Waals surface area contributed by atoms with E-state index in [9.17, 15) is 9.59 Å². The van der Waals surface area contributed by atoms with E-state index < -0.39 is 5.91 Å². The number of hydrogen-bond acceptors (Lipinski definition) is 4. The second kappa shape index (κ2) is 10.6. The number of hydrazone groups is 1. The molecule has 0 atom stereocenters. The number of hydrogen-bond donors (Lipinski definition) is 2. The molecular formula is C23H19Cl2N3O3. The van der Waals surface area contributed by atoms with Crippen LogP contribution < -0.4 is 15.5 Å². The summed E-state index contributed by atoms with van der Waals surface area (Å²) in [7, 11) is 0. The third-order valence-corrected chi connectivity index (χ3v) is 4.73. The molecule has 0 aliphatic carbocycles. The number of carbonyl (C=O) groups excluding carboxylic acids is 2. The maximum atomic E-state index is 12.4. The molecule has 0 bridgehead atoms. The molecule has 8 heteroatoms. The van der Waals surface area contributed by atoms with Gasteiger partial charge in [-0.05, 0) is 42.5 Å². The quantitative estimate of drug-likeness (QED) is 0.374. The normalized spacial score (nSPS) is 10.7. The Morgan fingerprint density at radius 2 is 1.84 bits per heavy atom. The molecule has 0 aliphatic heterocycles. The van der Waals surface area contributed by atoms with Crippen molar-refractivity contribution in [3.8, 4) is 5.75 Å². The summed E-state index contributed by atoms with van der Waals surface area (Å²) >= 11 is 12.3. The molecule has 0 radical (unpaired) electrons. The first kappa shape index (κ1) is 22.3. The molecule has 3 rings (SSSR count). The van der Waals surface area contributed by atoms with Crippen molar-refractivity contribution in [1.29, 1.82) is 0 Å². The molecule has 3 aromatic carbocycles. The Morgan fingerprint density at radius 1 is 1.03 bits per heavy atom. The van der Waals surface area contributed by atoms with E-state index in [2.05, 4.69) is 15.8 Å². The van der Waals surface area contributed by atoms with Crippen LogP contribution in [-0.4, -0.2) is 18.0 Å². The minimum atomic E-state index is -0.427. The van der Waals surface area contributed by atoms with Crippen LogP contribution >= 0.6 is 23.2 Å². The van der Waals surface area contributed by atoms with Crippen LogP contribution in [0.5, 0.6) is 5.75 Å². The van der Waals surface area contributed by atoms with Crippen LogP contribution in [0.15, 0.2) is 71.8 Å². The standard InChI is InChI=1S/C23H19Cl2N3O3/c1-15(29)27-20-7-4-6-16(12-20)23(30)28-26-13-18-11-19(24)9-10-22(18)31-14-17-5-2-3-8-21(17)25/h2-13H,14H2,1H3,(H,27,29)(H,28,30). The van der Waals surface area contributed by atoms with Gasteiger partial charge in [-0.2, -0.15) is 5.10 Å². The van der Waals surface area contributed by atoms with Crippen LogP contribution in [0, 0.1) is 0 Å². The molecule has 0 aromatic heterocycles. The van der Waals surface area contributed by atoms with E-state index in [0.29, 0.717) is 32.6 Å². The number of nitrogens with zero attached hydrogens (tertiary/aromatic N) is 1. The smallest absolute Gasteiger partial charge is 0.271 e. The van der Waals surface area contributed by atoms with Crippen molar-refractivity contribution >= 4 is 46.9 Å². The van der Waals surface area contributed by atoms with Crippen molar-refractivity contribution in [2.45, 2.75) is 13.5 Å². The van der Waals surface area contributed by atoms with Crippen LogP contribution in [0.2, 0.25) is 10.0 Å². The molecule has 2 N–H and O–H groups in total. The number of ether oxygens (including phenoxy) is 1. The van der Waals surface area contributed by atoms with Crippen molar-refractivity contribution in [1.82, 2.24) is 5.43 Å². The fourth-order valence-corrected chi connectivity index (χ4v) is 3.06. The first-order valence-corrected chi connectivity index (χ1v) is 10.0. The summed E-state index contributed by atoms with van der Waals surface area (Å²) < 4.78 is 5.87. The molecule has 0 heterocycles. The lowest BCUT2D eigenvalue weighted by Crippen LogP contribution is -2.18. The van der Waals surface area contributed by atoms with E-state index in [4.69, 9.17) is 27.9 Å². The topological polar surface area (TPSA) is 79.8 Å². The van der Waals surface area contributed by atoms with Crippen molar-refractivity contribution in [2.24, 2.45) is 5.10 Å². The second-order valence-corrected chi connectivity index (χ2v) is 7.37. The van der Waals surface area contributed by atoms with E-state index in [1.807, 2.05) is 18.2 Å². The van der Waals surface area contributed by atoms with Gasteiger partial charge in [0.05, 0.1) is 6.21 Å². The average molecular weight is 456 g/mol. The van der Waals surface area contributed by atoms with Gasteiger partial charge in [0.25, 0.3) is 5.91 Å². The van der Waals surface area contributed by atoms with Crippen molar-refractivity contribution < 1.29 is 14.3 Å². The van der Waals surface area contributed by atoms with Crippen LogP contribution in [0.1, 0.15) is 28.4 Å². The Labute approximate surface area is 189 Å². The summed E-state index contributed by atoms with van der Waals surface area (Å²) in [5.74, 6) is -0.111. The molecule has 31 heavy (non-hydrogen) atoms. The molecule has 6 nitrogen and oxygen atoms in total. The van der Waals surface area contributed by atoms with Gasteiger partial charge in [-0.25, -0.2) is 5.43 Å². The minimum absolute atomic E-state index is 0.221. The van der Waals surface area contributed by atoms with Crippen molar-refractivity contribution in [3.05, 3.63) is 93.5 Å². The number of nitrogens with one attached hydrogen (secondary N) is 2. The van der Waals surface area contributed by atoms with E-state index in [1.165, 1.54) is 13.1 Å². The van der Waals surface area contributed by atoms with Crippen molar-refractivity contribution in [2.75, 3.05) is 5.32 Å². The Bertz CT molecular complexity index is 1130. The molecule has 158 valence electrons. The monoisotopic (exact) mass is 455 g/mol. The van der Waals surface area contributed by atoms with E-state index in [-0.39, 0.29) is 12.5 Å². The maximum absolute atomic E-state index is 12.4. The number of benzene rings is 3. The number of rotatable bonds is 7. The van der Waals surface area contributed by atoms with Gasteiger partial charge in [0.1, 0.15) is 12.4 Å². The van der Waals surface area contributed by atoms with Crippen LogP contribution in [0.4, 0.5) is 5.69 Å². The SMILES string of the molecule is CC(=O)Nc1cccc(C(=O)NN=Cc2cc(Cl)ccc2OCc2ccccc2Cl)c1. The highest BCUT2D eigenvalue weighted by Gasteiger charge is 2.08. The number of carbonyl (C=O) groups is 2. The Balaban J connectivity index is 1.69. The van der Waals surface area contributed by atoms with E-state index >= 15 is 0 Å². The Morgan fingerprint density at radius 3 is 2.61 bits per heavy atom. The zero-order valence-corrected chi connectivity index (χ0v) is 18.1. The number of anilines is 1. The lowest BCUT2D eigenvalue weighted by atomic mass is 10.2. The lowest BCUT2D eigenvalue weighted by molar-refractivity contribution is -0.114. The third-order valence-electron chi connectivity index (χ3n) is 4.13. The Hall–Kier alpha value is -3.35. The summed E-state index contributed by atoms with van der Waals surface area (Å²) in [6.07, 6.45) is 1.45. The van der Waals surface area contributed by atoms with E-state index in [1.54, 1.807) is 48.5 Å². The molecule has 2 amide bonds. The maximum Gasteiger partial charge on any atom is 0.271 e. The van der Waals surface area contributed by atoms with Gasteiger partial charge in [0.2, 0.25) is 5.91 Å². The van der Waals surface area contributed by atoms with Gasteiger partial charge >= 0.3 is 0 Å². The van der Waals surface area contributed by atoms with Crippen LogP contribution in [-0.2, 0) is 11.4 Å². The first-order valence-electron chi connectivity index (χ1n) is 9.29. The summed E-state index contributed by atoms with van der Waals surface area (Å²) in [5, 5.41) is 7.75. The second-order valence-electron chi connectivity index (χ2n) is 6.52. The summed E-state index contributed by atoms with van der Waals surface area (Å²) in [5.41, 5.74) is 4.76. The molecule has 0 saturated heterocycles. The van der Waals surface area contributed by atoms with Gasteiger partial charge in [0.15, 0.2) is 0 Å². The third kappa shape index (κ3) is 6.57. The molecule has 0 spiro atoms. The van der Waals surface area contributed by atoms with E-state index in [0.717, 1.165) is 5.56 Å². The highest BCUT2D eigenvalue weighted by atomic mass is 35.5. The largest absolute Gasteiger partial charge is 0.488 e. The van der Waals surface area contributed by atoms with Gasteiger partial charge in [-0.1, -0.05) is 47.5 Å². The van der Waals surface area contributed by atoms with Gasteiger partial charge < -0.3 is 10.1 Å². The minimum Gasteiger partial charge on any atom is -0.488 e. The first-order chi connectivity index (χ1) is 14.9. The Kier molecular flexibility index (Phi) is 7.65. The summed E-state index contributed by atoms with van der Waals surface area (Å²) in [6.45, 7) is 1.66. The molecular weight excluding hydrogens is 437 g/mol. The molecule has 0 aliphatic rings. The van der Waals surface area contributed by atoms with Gasteiger partial charge in [-0.15, -0.1) is 0 Å². The predicted molar refractivity (Wildman–Crippen MR) is 123 cm³/mol. The van der Waals surface area contributed by atoms with Gasteiger partial charge in [0, 0.05) is 39.3 Å². The average Bonchev–Trinajstić information content (AvgIpc) is 2.74. The molecule has 0 unspecified atom stereocenters. The van der Waals surface area contributed by atoms with Crippen molar-refractivity contribution in [3.63, 3.8) is 0 Å². The molecule has 0 fully saturated rings. The lowest BCUT2D eigenvalue weighted by Gasteiger charge is -2.10.